The number of unbranched alkanes of at least 4 members (excludes halogenated alkanes) is 43. The minimum atomic E-state index is -0.777. The number of carbonyl (C=O) groups is 3. The molecule has 0 radical (unpaired) electrons. The molecule has 0 bridgehead atoms. The molecule has 0 heterocycles. The summed E-state index contributed by atoms with van der Waals surface area (Å²) in [6, 6.07) is 0. The summed E-state index contributed by atoms with van der Waals surface area (Å²) in [7, 11) is 0. The molecule has 0 spiro atoms. The summed E-state index contributed by atoms with van der Waals surface area (Å²) in [6.07, 6.45) is 86.8. The third-order valence-corrected chi connectivity index (χ3v) is 15.5. The van der Waals surface area contributed by atoms with E-state index in [1.165, 1.54) is 238 Å². The number of ether oxygens (including phenoxy) is 3. The van der Waals surface area contributed by atoms with Gasteiger partial charge in [0.15, 0.2) is 6.10 Å². The lowest BCUT2D eigenvalue weighted by Crippen LogP contribution is -2.30. The van der Waals surface area contributed by atoms with Gasteiger partial charge in [0.1, 0.15) is 13.2 Å². The van der Waals surface area contributed by atoms with Gasteiger partial charge in [0.25, 0.3) is 0 Å². The molecular weight excluding hydrogens is 973 g/mol. The molecule has 0 aliphatic rings. The molecule has 6 heteroatoms. The average Bonchev–Trinajstić information content (AvgIpc) is 3.45. The number of hydrogen-bond acceptors (Lipinski definition) is 6. The summed E-state index contributed by atoms with van der Waals surface area (Å²) in [4.78, 5) is 38.3. The van der Waals surface area contributed by atoms with Crippen LogP contribution in [-0.4, -0.2) is 37.2 Å². The molecule has 6 nitrogen and oxygen atoms in total. The Kier molecular flexibility index (Phi) is 65.1. The number of esters is 3. The van der Waals surface area contributed by atoms with E-state index in [1.54, 1.807) is 0 Å². The Morgan fingerprint density at radius 2 is 0.494 bits per heavy atom. The molecule has 79 heavy (non-hydrogen) atoms. The average molecular weight is 1110 g/mol. The zero-order valence-electron chi connectivity index (χ0n) is 52.9. The molecule has 0 N–H and O–H groups in total. The molecule has 0 aromatic rings. The van der Waals surface area contributed by atoms with Gasteiger partial charge in [-0.05, 0) is 83.5 Å². The van der Waals surface area contributed by atoms with Crippen LogP contribution in [0.3, 0.4) is 0 Å². The van der Waals surface area contributed by atoms with E-state index in [9.17, 15) is 14.4 Å². The highest BCUT2D eigenvalue weighted by Gasteiger charge is 2.19. The van der Waals surface area contributed by atoms with Gasteiger partial charge in [-0.3, -0.25) is 14.4 Å². The number of hydrogen-bond donors (Lipinski definition) is 0. The zero-order chi connectivity index (χ0) is 57.1. The summed E-state index contributed by atoms with van der Waals surface area (Å²) < 4.78 is 17.0. The topological polar surface area (TPSA) is 78.9 Å². The predicted molar refractivity (Wildman–Crippen MR) is 344 cm³/mol. The van der Waals surface area contributed by atoms with Crippen molar-refractivity contribution < 1.29 is 28.6 Å². The largest absolute Gasteiger partial charge is 0.462 e. The van der Waals surface area contributed by atoms with E-state index in [0.717, 1.165) is 89.9 Å². The van der Waals surface area contributed by atoms with Crippen LogP contribution in [0.1, 0.15) is 367 Å². The van der Waals surface area contributed by atoms with Crippen molar-refractivity contribution >= 4 is 17.9 Å². The Balaban J connectivity index is 4.17. The molecule has 0 saturated carbocycles. The maximum atomic E-state index is 12.9. The highest BCUT2D eigenvalue weighted by Crippen LogP contribution is 2.18. The molecule has 0 aromatic heterocycles. The lowest BCUT2D eigenvalue weighted by Gasteiger charge is -2.18. The van der Waals surface area contributed by atoms with E-state index < -0.39 is 6.10 Å². The highest BCUT2D eigenvalue weighted by atomic mass is 16.6. The first-order valence-corrected chi connectivity index (χ1v) is 34.8. The van der Waals surface area contributed by atoms with Gasteiger partial charge in [-0.15, -0.1) is 0 Å². The maximum Gasteiger partial charge on any atom is 0.306 e. The first kappa shape index (κ1) is 76.1. The van der Waals surface area contributed by atoms with E-state index in [4.69, 9.17) is 14.2 Å². The zero-order valence-corrected chi connectivity index (χ0v) is 52.9. The standard InChI is InChI=1S/C73H132O6/c1-4-7-10-13-16-19-22-24-26-28-30-32-33-34-35-36-37-38-39-41-42-44-46-48-51-54-57-60-63-66-72(75)78-69-70(68-77-71(74)65-62-59-56-53-50-21-18-15-12-9-6-3)79-73(76)67-64-61-58-55-52-49-47-45-43-40-31-29-27-25-23-20-17-14-11-8-5-2/h8,11,17,20,25,27-28,30-31,40,70H,4-7,9-10,12-16,18-19,21-24,26,29,32-39,41-69H2,1-3H3/b11-8-,20-17-,27-25-,30-28-,40-31-. The lowest BCUT2D eigenvalue weighted by atomic mass is 10.0. The molecule has 0 amide bonds. The Labute approximate surface area is 491 Å². The second-order valence-electron chi connectivity index (χ2n) is 23.4. The van der Waals surface area contributed by atoms with Crippen LogP contribution < -0.4 is 0 Å². The van der Waals surface area contributed by atoms with E-state index in [1.807, 2.05) is 0 Å². The van der Waals surface area contributed by atoms with E-state index in [2.05, 4.69) is 81.5 Å². The predicted octanol–water partition coefficient (Wildman–Crippen LogP) is 23.9. The van der Waals surface area contributed by atoms with Gasteiger partial charge < -0.3 is 14.2 Å². The highest BCUT2D eigenvalue weighted by molar-refractivity contribution is 5.71. The van der Waals surface area contributed by atoms with Crippen LogP contribution >= 0.6 is 0 Å². The van der Waals surface area contributed by atoms with Crippen molar-refractivity contribution in [3.63, 3.8) is 0 Å². The van der Waals surface area contributed by atoms with Gasteiger partial charge in [-0.25, -0.2) is 0 Å². The summed E-state index contributed by atoms with van der Waals surface area (Å²) in [6.45, 7) is 6.57. The third kappa shape index (κ3) is 65.8. The molecule has 1 atom stereocenters. The summed E-state index contributed by atoms with van der Waals surface area (Å²) >= 11 is 0. The van der Waals surface area contributed by atoms with Crippen LogP contribution in [0.4, 0.5) is 0 Å². The van der Waals surface area contributed by atoms with Crippen LogP contribution in [0.5, 0.6) is 0 Å². The Morgan fingerprint density at radius 1 is 0.266 bits per heavy atom. The van der Waals surface area contributed by atoms with Crippen molar-refractivity contribution in [1.29, 1.82) is 0 Å². The Morgan fingerprint density at radius 3 is 0.785 bits per heavy atom. The van der Waals surface area contributed by atoms with Crippen LogP contribution in [0.15, 0.2) is 60.8 Å². The van der Waals surface area contributed by atoms with Gasteiger partial charge in [0.05, 0.1) is 0 Å². The molecule has 0 aromatic carbocycles. The van der Waals surface area contributed by atoms with Crippen LogP contribution in [-0.2, 0) is 28.6 Å². The molecule has 0 rings (SSSR count). The van der Waals surface area contributed by atoms with Gasteiger partial charge in [0.2, 0.25) is 0 Å². The smallest absolute Gasteiger partial charge is 0.306 e. The van der Waals surface area contributed by atoms with E-state index in [0.29, 0.717) is 19.3 Å². The van der Waals surface area contributed by atoms with E-state index in [-0.39, 0.29) is 31.1 Å². The second-order valence-corrected chi connectivity index (χ2v) is 23.4. The molecule has 0 fully saturated rings. The fourth-order valence-corrected chi connectivity index (χ4v) is 10.3. The second kappa shape index (κ2) is 67.6. The number of allylic oxidation sites excluding steroid dienone is 10. The molecule has 0 saturated heterocycles. The number of carbonyl (C=O) groups excluding carboxylic acids is 3. The summed E-state index contributed by atoms with van der Waals surface area (Å²) in [5.74, 6) is -0.860. The van der Waals surface area contributed by atoms with Crippen molar-refractivity contribution in [3.05, 3.63) is 60.8 Å². The molecule has 1 unspecified atom stereocenters. The van der Waals surface area contributed by atoms with Gasteiger partial charge in [0, 0.05) is 19.3 Å². The van der Waals surface area contributed by atoms with Crippen molar-refractivity contribution in [1.82, 2.24) is 0 Å². The SMILES string of the molecule is CC/C=C\C/C=C\C/C=C\C/C=C\CCCCCCCCCCC(=O)OC(COC(=O)CCCCCCCCCCCCC)COC(=O)CCCCCCCCCCCCCCCCCCC/C=C\CCCCCCCCCC. The molecular formula is C73H132O6. The monoisotopic (exact) mass is 1110 g/mol. The fraction of sp³-hybridized carbons (Fsp3) is 0.822. The fourth-order valence-electron chi connectivity index (χ4n) is 10.3. The van der Waals surface area contributed by atoms with Crippen molar-refractivity contribution in [2.75, 3.05) is 13.2 Å². The minimum absolute atomic E-state index is 0.0731. The molecule has 0 aliphatic carbocycles. The van der Waals surface area contributed by atoms with Crippen molar-refractivity contribution in [2.24, 2.45) is 0 Å². The van der Waals surface area contributed by atoms with Crippen molar-refractivity contribution in [3.8, 4) is 0 Å². The van der Waals surface area contributed by atoms with Crippen LogP contribution in [0.2, 0.25) is 0 Å². The van der Waals surface area contributed by atoms with E-state index >= 15 is 0 Å². The lowest BCUT2D eigenvalue weighted by molar-refractivity contribution is -0.167. The van der Waals surface area contributed by atoms with Crippen molar-refractivity contribution in [2.45, 2.75) is 374 Å². The Bertz CT molecular complexity index is 1410. The molecule has 460 valence electrons. The first-order valence-electron chi connectivity index (χ1n) is 34.8. The summed E-state index contributed by atoms with van der Waals surface area (Å²) in [5.41, 5.74) is 0. The third-order valence-electron chi connectivity index (χ3n) is 15.5. The molecule has 0 aliphatic heterocycles. The van der Waals surface area contributed by atoms with Gasteiger partial charge in [-0.1, -0.05) is 326 Å². The van der Waals surface area contributed by atoms with Gasteiger partial charge >= 0.3 is 17.9 Å². The van der Waals surface area contributed by atoms with Crippen LogP contribution in [0, 0.1) is 0 Å². The minimum Gasteiger partial charge on any atom is -0.462 e. The maximum absolute atomic E-state index is 12.9. The first-order chi connectivity index (χ1) is 39.0. The normalized spacial score (nSPS) is 12.4. The Hall–Kier alpha value is -2.89. The summed E-state index contributed by atoms with van der Waals surface area (Å²) in [5, 5.41) is 0. The number of rotatable bonds is 64. The van der Waals surface area contributed by atoms with Gasteiger partial charge in [-0.2, -0.15) is 0 Å². The quantitative estimate of drug-likeness (QED) is 0.0261. The van der Waals surface area contributed by atoms with Crippen LogP contribution in [0.25, 0.3) is 0 Å².